The molecule has 0 heterocycles. The molecule has 0 bridgehead atoms. The van der Waals surface area contributed by atoms with Gasteiger partial charge in [0.25, 0.3) is 0 Å². The smallest absolute Gasteiger partial charge is 0.0818 e. The van der Waals surface area contributed by atoms with Crippen LogP contribution >= 0.6 is 0 Å². The van der Waals surface area contributed by atoms with Crippen LogP contribution in [0.3, 0.4) is 0 Å². The number of nitrogen functional groups attached to an aromatic ring is 1. The van der Waals surface area contributed by atoms with E-state index < -0.39 is 0 Å². The van der Waals surface area contributed by atoms with E-state index in [1.165, 1.54) is 5.56 Å². The minimum absolute atomic E-state index is 0.00323. The maximum atomic E-state index is 6.25. The molecule has 0 amide bonds. The van der Waals surface area contributed by atoms with Gasteiger partial charge in [0.2, 0.25) is 0 Å². The van der Waals surface area contributed by atoms with Crippen LogP contribution in [0.25, 0.3) is 11.4 Å². The molecular formula is C22H32N4. The van der Waals surface area contributed by atoms with Crippen LogP contribution in [-0.4, -0.2) is 5.54 Å². The molecule has 0 aliphatic rings. The molecule has 6 N–H and O–H groups in total. The fraction of sp³-hybridized carbons (Fsp3) is 0.364. The number of anilines is 1. The van der Waals surface area contributed by atoms with Gasteiger partial charge >= 0.3 is 0 Å². The summed E-state index contributed by atoms with van der Waals surface area (Å²) in [7, 11) is 0. The average molecular weight is 353 g/mol. The number of para-hydroxylation sites is 1. The van der Waals surface area contributed by atoms with Crippen molar-refractivity contribution in [3.63, 3.8) is 0 Å². The maximum absolute atomic E-state index is 6.25. The van der Waals surface area contributed by atoms with Crippen molar-refractivity contribution < 1.29 is 0 Å². The van der Waals surface area contributed by atoms with Crippen LogP contribution in [0.5, 0.6) is 0 Å². The molecule has 0 spiro atoms. The average Bonchev–Trinajstić information content (AvgIpc) is 2.67. The Morgan fingerprint density at radius 1 is 0.846 bits per heavy atom. The maximum Gasteiger partial charge on any atom is 0.0818 e. The lowest BCUT2D eigenvalue weighted by atomic mass is 9.88. The van der Waals surface area contributed by atoms with Crippen LogP contribution in [0.2, 0.25) is 0 Å². The standard InChI is InChI=1S/C22H32N4/c1-5-22(6-2,7-3)25-20(17-13-9-8-12-16(17)4)21(26-24)18-14-10-11-15-19(18)23/h8-15,25-26H,5-7,23-24H2,1-4H3/b21-20-. The first kappa shape index (κ1) is 19.9. The molecule has 0 aliphatic heterocycles. The lowest BCUT2D eigenvalue weighted by molar-refractivity contribution is 0.333. The third-order valence-electron chi connectivity index (χ3n) is 5.46. The van der Waals surface area contributed by atoms with Gasteiger partial charge in [0, 0.05) is 22.4 Å². The van der Waals surface area contributed by atoms with E-state index in [0.29, 0.717) is 5.69 Å². The summed E-state index contributed by atoms with van der Waals surface area (Å²) in [5, 5.41) is 3.83. The summed E-state index contributed by atoms with van der Waals surface area (Å²) in [6.07, 6.45) is 3.08. The zero-order chi connectivity index (χ0) is 19.2. The minimum Gasteiger partial charge on any atom is -0.398 e. The van der Waals surface area contributed by atoms with Crippen LogP contribution in [0, 0.1) is 6.92 Å². The van der Waals surface area contributed by atoms with E-state index in [2.05, 4.69) is 62.7 Å². The van der Waals surface area contributed by atoms with Gasteiger partial charge in [-0.1, -0.05) is 63.2 Å². The second-order valence-electron chi connectivity index (χ2n) is 6.76. The van der Waals surface area contributed by atoms with Crippen LogP contribution < -0.4 is 22.3 Å². The first-order chi connectivity index (χ1) is 12.5. The van der Waals surface area contributed by atoms with E-state index in [1.54, 1.807) is 0 Å². The molecule has 4 nitrogen and oxygen atoms in total. The molecule has 2 aromatic carbocycles. The van der Waals surface area contributed by atoms with Gasteiger partial charge in [0.05, 0.1) is 11.4 Å². The van der Waals surface area contributed by atoms with Gasteiger partial charge in [-0.2, -0.15) is 0 Å². The minimum atomic E-state index is 0.00323. The van der Waals surface area contributed by atoms with Crippen LogP contribution in [0.15, 0.2) is 48.5 Å². The number of hydrazine groups is 1. The summed E-state index contributed by atoms with van der Waals surface area (Å²) >= 11 is 0. The number of nitrogens with one attached hydrogen (secondary N) is 2. The Balaban J connectivity index is 2.74. The fourth-order valence-corrected chi connectivity index (χ4v) is 3.41. The molecule has 26 heavy (non-hydrogen) atoms. The number of benzene rings is 2. The van der Waals surface area contributed by atoms with Crippen molar-refractivity contribution >= 4 is 17.1 Å². The van der Waals surface area contributed by atoms with E-state index in [1.807, 2.05) is 24.3 Å². The second kappa shape index (κ2) is 8.77. The van der Waals surface area contributed by atoms with E-state index in [0.717, 1.165) is 41.8 Å². The molecule has 0 saturated heterocycles. The number of rotatable bonds is 8. The van der Waals surface area contributed by atoms with Gasteiger partial charge in [0.1, 0.15) is 0 Å². The molecule has 0 aliphatic carbocycles. The molecule has 140 valence electrons. The topological polar surface area (TPSA) is 76.1 Å². The zero-order valence-electron chi connectivity index (χ0n) is 16.4. The zero-order valence-corrected chi connectivity index (χ0v) is 16.4. The van der Waals surface area contributed by atoms with Gasteiger partial charge in [-0.3, -0.25) is 5.84 Å². The van der Waals surface area contributed by atoms with Crippen molar-refractivity contribution in [2.75, 3.05) is 5.73 Å². The number of nitrogens with two attached hydrogens (primary N) is 2. The molecule has 0 unspecified atom stereocenters. The molecule has 0 atom stereocenters. The van der Waals surface area contributed by atoms with E-state index >= 15 is 0 Å². The molecular weight excluding hydrogens is 320 g/mol. The Labute approximate surface area is 157 Å². The first-order valence-corrected chi connectivity index (χ1v) is 9.41. The summed E-state index contributed by atoms with van der Waals surface area (Å²) in [6, 6.07) is 16.1. The number of hydrogen-bond acceptors (Lipinski definition) is 4. The van der Waals surface area contributed by atoms with Crippen molar-refractivity contribution in [3.05, 3.63) is 65.2 Å². The predicted molar refractivity (Wildman–Crippen MR) is 113 cm³/mol. The lowest BCUT2D eigenvalue weighted by Gasteiger charge is -2.36. The van der Waals surface area contributed by atoms with Crippen molar-refractivity contribution in [2.45, 2.75) is 52.5 Å². The van der Waals surface area contributed by atoms with E-state index in [-0.39, 0.29) is 5.54 Å². The highest BCUT2D eigenvalue weighted by atomic mass is 15.2. The molecule has 0 radical (unpaired) electrons. The quantitative estimate of drug-likeness (QED) is 0.245. The third-order valence-corrected chi connectivity index (χ3v) is 5.46. The van der Waals surface area contributed by atoms with Gasteiger partial charge in [-0.25, -0.2) is 0 Å². The Hall–Kier alpha value is -2.46. The van der Waals surface area contributed by atoms with Gasteiger partial charge in [-0.05, 0) is 37.8 Å². The first-order valence-electron chi connectivity index (χ1n) is 9.41. The number of hydrogen-bond donors (Lipinski definition) is 4. The van der Waals surface area contributed by atoms with Crippen LogP contribution in [-0.2, 0) is 0 Å². The lowest BCUT2D eigenvalue weighted by Crippen LogP contribution is -2.43. The normalized spacial score (nSPS) is 12.5. The number of aryl methyl sites for hydroxylation is 1. The molecule has 2 aromatic rings. The highest BCUT2D eigenvalue weighted by molar-refractivity contribution is 5.92. The van der Waals surface area contributed by atoms with Gasteiger partial charge < -0.3 is 16.5 Å². The molecule has 0 saturated carbocycles. The molecule has 0 aromatic heterocycles. The summed E-state index contributed by atoms with van der Waals surface area (Å²) in [5.74, 6) is 6.00. The predicted octanol–water partition coefficient (Wildman–Crippen LogP) is 4.42. The van der Waals surface area contributed by atoms with Crippen LogP contribution in [0.1, 0.15) is 56.7 Å². The van der Waals surface area contributed by atoms with Crippen molar-refractivity contribution in [1.29, 1.82) is 0 Å². The largest absolute Gasteiger partial charge is 0.398 e. The summed E-state index contributed by atoms with van der Waals surface area (Å²) in [6.45, 7) is 8.79. The van der Waals surface area contributed by atoms with Crippen molar-refractivity contribution in [3.8, 4) is 0 Å². The highest BCUT2D eigenvalue weighted by Gasteiger charge is 2.27. The highest BCUT2D eigenvalue weighted by Crippen LogP contribution is 2.31. The van der Waals surface area contributed by atoms with E-state index in [9.17, 15) is 0 Å². The summed E-state index contributed by atoms with van der Waals surface area (Å²) < 4.78 is 0. The summed E-state index contributed by atoms with van der Waals surface area (Å²) in [4.78, 5) is 0. The Morgan fingerprint density at radius 2 is 1.38 bits per heavy atom. The van der Waals surface area contributed by atoms with Crippen LogP contribution in [0.4, 0.5) is 5.69 Å². The monoisotopic (exact) mass is 352 g/mol. The SMILES string of the molecule is CCC(CC)(CC)N/C(=C(\NN)c1ccccc1N)c1ccccc1C. The Bertz CT molecular complexity index is 752. The van der Waals surface area contributed by atoms with Crippen molar-refractivity contribution in [1.82, 2.24) is 10.7 Å². The Kier molecular flexibility index (Phi) is 6.70. The second-order valence-corrected chi connectivity index (χ2v) is 6.76. The van der Waals surface area contributed by atoms with Crippen molar-refractivity contribution in [2.24, 2.45) is 5.84 Å². The molecule has 2 rings (SSSR count). The van der Waals surface area contributed by atoms with Gasteiger partial charge in [0.15, 0.2) is 0 Å². The van der Waals surface area contributed by atoms with Gasteiger partial charge in [-0.15, -0.1) is 0 Å². The molecule has 4 heteroatoms. The third kappa shape index (κ3) is 4.02. The Morgan fingerprint density at radius 3 is 1.88 bits per heavy atom. The fourth-order valence-electron chi connectivity index (χ4n) is 3.41. The molecule has 0 fully saturated rings. The summed E-state index contributed by atoms with van der Waals surface area (Å²) in [5.41, 5.74) is 14.9. The van der Waals surface area contributed by atoms with E-state index in [4.69, 9.17) is 11.6 Å².